The van der Waals surface area contributed by atoms with Crippen molar-refractivity contribution in [3.05, 3.63) is 17.7 Å². The van der Waals surface area contributed by atoms with Crippen LogP contribution in [0.1, 0.15) is 5.56 Å². The largest absolute Gasteiger partial charge is 0.486 e. The van der Waals surface area contributed by atoms with E-state index in [1.165, 1.54) is 0 Å². The van der Waals surface area contributed by atoms with Gasteiger partial charge in [-0.25, -0.2) is 5.90 Å². The lowest BCUT2D eigenvalue weighted by Crippen LogP contribution is -2.16. The summed E-state index contributed by atoms with van der Waals surface area (Å²) in [5, 5.41) is 0. The van der Waals surface area contributed by atoms with Crippen molar-refractivity contribution in [1.82, 2.24) is 0 Å². The third kappa shape index (κ3) is 2.19. The molecule has 1 aliphatic heterocycles. The quantitative estimate of drug-likeness (QED) is 0.627. The Hall–Kier alpha value is -0.910. The van der Waals surface area contributed by atoms with Gasteiger partial charge in [0.25, 0.3) is 0 Å². The fourth-order valence-corrected chi connectivity index (χ4v) is 2.11. The van der Waals surface area contributed by atoms with Gasteiger partial charge in [0, 0.05) is 4.90 Å². The minimum Gasteiger partial charge on any atom is -0.486 e. The fourth-order valence-electron chi connectivity index (χ4n) is 1.50. The molecule has 1 heterocycles. The second-order valence-electron chi connectivity index (χ2n) is 3.12. The van der Waals surface area contributed by atoms with Crippen LogP contribution < -0.4 is 15.4 Å². The van der Waals surface area contributed by atoms with Crippen molar-refractivity contribution in [3.63, 3.8) is 0 Å². The molecule has 0 spiro atoms. The summed E-state index contributed by atoms with van der Waals surface area (Å²) < 4.78 is 11.0. The molecule has 15 heavy (non-hydrogen) atoms. The summed E-state index contributed by atoms with van der Waals surface area (Å²) in [4.78, 5) is 5.75. The Labute approximate surface area is 92.6 Å². The summed E-state index contributed by atoms with van der Waals surface area (Å²) in [6.45, 7) is 1.58. The van der Waals surface area contributed by atoms with Crippen LogP contribution in [-0.2, 0) is 11.4 Å². The first-order valence-corrected chi connectivity index (χ1v) is 5.86. The molecule has 2 rings (SSSR count). The van der Waals surface area contributed by atoms with Crippen molar-refractivity contribution in [2.45, 2.75) is 11.5 Å². The SMILES string of the molecule is CSc1cc2c(cc1CON)OCCO2. The van der Waals surface area contributed by atoms with Gasteiger partial charge >= 0.3 is 0 Å². The second kappa shape index (κ2) is 4.74. The molecule has 2 N–H and O–H groups in total. The monoisotopic (exact) mass is 227 g/mol. The predicted molar refractivity (Wildman–Crippen MR) is 58.2 cm³/mol. The zero-order chi connectivity index (χ0) is 10.7. The van der Waals surface area contributed by atoms with Crippen LogP contribution in [0.4, 0.5) is 0 Å². The molecule has 1 aromatic rings. The highest BCUT2D eigenvalue weighted by molar-refractivity contribution is 7.98. The maximum absolute atomic E-state index is 5.49. The third-order valence-electron chi connectivity index (χ3n) is 2.18. The van der Waals surface area contributed by atoms with Crippen LogP contribution in [-0.4, -0.2) is 19.5 Å². The molecule has 0 atom stereocenters. The molecule has 0 saturated carbocycles. The van der Waals surface area contributed by atoms with E-state index in [0.717, 1.165) is 22.0 Å². The summed E-state index contributed by atoms with van der Waals surface area (Å²) in [5.74, 6) is 6.65. The Kier molecular flexibility index (Phi) is 3.35. The number of hydrogen-bond acceptors (Lipinski definition) is 5. The molecule has 0 bridgehead atoms. The lowest BCUT2D eigenvalue weighted by molar-refractivity contribution is 0.121. The predicted octanol–water partition coefficient (Wildman–Crippen LogP) is 1.57. The van der Waals surface area contributed by atoms with Gasteiger partial charge in [-0.15, -0.1) is 11.8 Å². The molecule has 0 fully saturated rings. The molecule has 5 heteroatoms. The normalized spacial score (nSPS) is 14.0. The van der Waals surface area contributed by atoms with Crippen LogP contribution in [0, 0.1) is 0 Å². The van der Waals surface area contributed by atoms with Crippen LogP contribution in [0.5, 0.6) is 11.5 Å². The van der Waals surface area contributed by atoms with Gasteiger partial charge in [0.05, 0.1) is 6.61 Å². The van der Waals surface area contributed by atoms with Gasteiger partial charge < -0.3 is 9.47 Å². The van der Waals surface area contributed by atoms with Crippen molar-refractivity contribution < 1.29 is 14.3 Å². The highest BCUT2D eigenvalue weighted by Crippen LogP contribution is 2.36. The summed E-state index contributed by atoms with van der Waals surface area (Å²) in [6.07, 6.45) is 2.01. The maximum Gasteiger partial charge on any atom is 0.162 e. The van der Waals surface area contributed by atoms with Crippen molar-refractivity contribution >= 4 is 11.8 Å². The van der Waals surface area contributed by atoms with E-state index in [0.29, 0.717) is 19.8 Å². The molecule has 0 saturated heterocycles. The average molecular weight is 227 g/mol. The van der Waals surface area contributed by atoms with E-state index in [2.05, 4.69) is 4.84 Å². The van der Waals surface area contributed by atoms with Gasteiger partial charge in [0.2, 0.25) is 0 Å². The molecule has 4 nitrogen and oxygen atoms in total. The minimum atomic E-state index is 0.382. The first-order valence-electron chi connectivity index (χ1n) is 4.63. The molecule has 0 amide bonds. The standard InChI is InChI=1S/C10H13NO3S/c1-15-10-5-9-8(12-2-3-13-9)4-7(10)6-14-11/h4-5H,2-3,6,11H2,1H3. The van der Waals surface area contributed by atoms with E-state index in [9.17, 15) is 0 Å². The molecule has 1 aliphatic rings. The van der Waals surface area contributed by atoms with Gasteiger partial charge in [0.1, 0.15) is 13.2 Å². The van der Waals surface area contributed by atoms with Crippen molar-refractivity contribution in [1.29, 1.82) is 0 Å². The number of hydrogen-bond donors (Lipinski definition) is 1. The lowest BCUT2D eigenvalue weighted by Gasteiger charge is -2.20. The average Bonchev–Trinajstić information content (AvgIpc) is 2.28. The maximum atomic E-state index is 5.49. The minimum absolute atomic E-state index is 0.382. The molecule has 0 radical (unpaired) electrons. The number of fused-ring (bicyclic) bond motifs is 1. The molecule has 0 aliphatic carbocycles. The number of rotatable bonds is 3. The zero-order valence-corrected chi connectivity index (χ0v) is 9.30. The van der Waals surface area contributed by atoms with E-state index in [-0.39, 0.29) is 0 Å². The van der Waals surface area contributed by atoms with E-state index >= 15 is 0 Å². The van der Waals surface area contributed by atoms with Crippen molar-refractivity contribution in [3.8, 4) is 11.5 Å². The molecular weight excluding hydrogens is 214 g/mol. The van der Waals surface area contributed by atoms with Crippen LogP contribution in [0.3, 0.4) is 0 Å². The van der Waals surface area contributed by atoms with Crippen molar-refractivity contribution in [2.75, 3.05) is 19.5 Å². The highest BCUT2D eigenvalue weighted by Gasteiger charge is 2.15. The fraction of sp³-hybridized carbons (Fsp3) is 0.400. The van der Waals surface area contributed by atoms with Crippen LogP contribution in [0.25, 0.3) is 0 Å². The summed E-state index contributed by atoms with van der Waals surface area (Å²) in [5.41, 5.74) is 1.02. The molecule has 0 unspecified atom stereocenters. The smallest absolute Gasteiger partial charge is 0.162 e. The summed E-state index contributed by atoms with van der Waals surface area (Å²) in [6, 6.07) is 3.89. The summed E-state index contributed by atoms with van der Waals surface area (Å²) >= 11 is 1.64. The molecule has 0 aromatic heterocycles. The van der Waals surface area contributed by atoms with Crippen LogP contribution in [0.2, 0.25) is 0 Å². The van der Waals surface area contributed by atoms with Gasteiger partial charge in [-0.05, 0) is 24.0 Å². The van der Waals surface area contributed by atoms with Gasteiger partial charge in [-0.2, -0.15) is 0 Å². The molecule has 1 aromatic carbocycles. The van der Waals surface area contributed by atoms with E-state index in [4.69, 9.17) is 15.4 Å². The zero-order valence-electron chi connectivity index (χ0n) is 8.49. The third-order valence-corrected chi connectivity index (χ3v) is 3.00. The van der Waals surface area contributed by atoms with Gasteiger partial charge in [0.15, 0.2) is 11.5 Å². The number of benzene rings is 1. The second-order valence-corrected chi connectivity index (χ2v) is 3.97. The number of thioether (sulfide) groups is 1. The molecule has 82 valence electrons. The number of nitrogens with two attached hydrogens (primary N) is 1. The highest BCUT2D eigenvalue weighted by atomic mass is 32.2. The Morgan fingerprint density at radius 1 is 1.33 bits per heavy atom. The Bertz CT molecular complexity index is 357. The van der Waals surface area contributed by atoms with E-state index < -0.39 is 0 Å². The first kappa shape index (κ1) is 10.6. The first-order chi connectivity index (χ1) is 7.35. The molecular formula is C10H13NO3S. The van der Waals surface area contributed by atoms with Crippen LogP contribution >= 0.6 is 11.8 Å². The topological polar surface area (TPSA) is 53.7 Å². The Morgan fingerprint density at radius 2 is 2.00 bits per heavy atom. The van der Waals surface area contributed by atoms with Crippen molar-refractivity contribution in [2.24, 2.45) is 5.90 Å². The van der Waals surface area contributed by atoms with E-state index in [1.54, 1.807) is 11.8 Å². The van der Waals surface area contributed by atoms with Crippen LogP contribution in [0.15, 0.2) is 17.0 Å². The Balaban J connectivity index is 2.37. The lowest BCUT2D eigenvalue weighted by atomic mass is 10.2. The van der Waals surface area contributed by atoms with E-state index in [1.807, 2.05) is 18.4 Å². The van der Waals surface area contributed by atoms with Gasteiger partial charge in [-0.3, -0.25) is 4.84 Å². The summed E-state index contributed by atoms with van der Waals surface area (Å²) in [7, 11) is 0. The Morgan fingerprint density at radius 3 is 2.60 bits per heavy atom. The van der Waals surface area contributed by atoms with Gasteiger partial charge in [-0.1, -0.05) is 0 Å². The number of ether oxygens (including phenoxy) is 2.